The van der Waals surface area contributed by atoms with Crippen LogP contribution in [0.1, 0.15) is 23.2 Å². The number of nitrogens with zero attached hydrogens (tertiary/aromatic N) is 1. The second kappa shape index (κ2) is 8.42. The molecule has 8 nitrogen and oxygen atoms in total. The third kappa shape index (κ3) is 4.14. The summed E-state index contributed by atoms with van der Waals surface area (Å²) in [6.07, 6.45) is 3.81. The molecule has 0 aliphatic carbocycles. The topological polar surface area (TPSA) is 101 Å². The van der Waals surface area contributed by atoms with Gasteiger partial charge in [-0.1, -0.05) is 18.2 Å². The Morgan fingerprint density at radius 2 is 1.88 bits per heavy atom. The van der Waals surface area contributed by atoms with Crippen LogP contribution in [-0.2, 0) is 10.2 Å². The van der Waals surface area contributed by atoms with Crippen molar-refractivity contribution in [3.05, 3.63) is 59.7 Å². The van der Waals surface area contributed by atoms with E-state index in [0.29, 0.717) is 13.2 Å². The van der Waals surface area contributed by atoms with Gasteiger partial charge >= 0.3 is 10.2 Å². The number of carbonyl (C=O) groups excluding carboxylic acids is 1. The minimum atomic E-state index is -3.94. The first-order chi connectivity index (χ1) is 15.5. The monoisotopic (exact) mass is 452 g/mol. The molecule has 3 N–H and O–H groups in total. The van der Waals surface area contributed by atoms with E-state index >= 15 is 0 Å². The van der Waals surface area contributed by atoms with Crippen LogP contribution in [0.2, 0.25) is 0 Å². The van der Waals surface area contributed by atoms with E-state index < -0.39 is 16.1 Å². The van der Waals surface area contributed by atoms with E-state index in [1.54, 1.807) is 12.1 Å². The van der Waals surface area contributed by atoms with Gasteiger partial charge in [-0.05, 0) is 55.3 Å². The summed E-state index contributed by atoms with van der Waals surface area (Å²) < 4.78 is 37.2. The predicted molar refractivity (Wildman–Crippen MR) is 124 cm³/mol. The van der Waals surface area contributed by atoms with E-state index in [1.165, 1.54) is 0 Å². The smallest absolute Gasteiger partial charge is 0.301 e. The number of para-hydroxylation sites is 1. The summed E-state index contributed by atoms with van der Waals surface area (Å²) in [5, 5.41) is 4.18. The molecule has 166 valence electrons. The molecule has 0 saturated carbocycles. The molecule has 1 amide bonds. The summed E-state index contributed by atoms with van der Waals surface area (Å²) in [6, 6.07) is 15.2. The van der Waals surface area contributed by atoms with Crippen LogP contribution in [0.3, 0.4) is 0 Å². The molecule has 3 aromatic rings. The lowest BCUT2D eigenvalue weighted by Crippen LogP contribution is -2.42. The summed E-state index contributed by atoms with van der Waals surface area (Å²) in [7, 11) is -3.94. The highest BCUT2D eigenvalue weighted by Crippen LogP contribution is 2.37. The quantitative estimate of drug-likeness (QED) is 0.487. The Labute approximate surface area is 186 Å². The molecule has 0 spiro atoms. The molecule has 0 fully saturated rings. The molecule has 1 aromatic heterocycles. The SMILES string of the molecule is O=C1NS(=O)(=O)NCCNCCC/C2=C/n3c(cc4ccc1cc43)-c1ccccc1OC2. The highest BCUT2D eigenvalue weighted by Gasteiger charge is 2.20. The summed E-state index contributed by atoms with van der Waals surface area (Å²) >= 11 is 0. The van der Waals surface area contributed by atoms with E-state index in [9.17, 15) is 13.2 Å². The van der Waals surface area contributed by atoms with E-state index in [-0.39, 0.29) is 12.1 Å². The number of aromatic nitrogens is 1. The van der Waals surface area contributed by atoms with Gasteiger partial charge in [0.05, 0.1) is 11.2 Å². The second-order valence-corrected chi connectivity index (χ2v) is 9.43. The Bertz CT molecular complexity index is 1330. The van der Waals surface area contributed by atoms with Gasteiger partial charge in [0, 0.05) is 35.8 Å². The Morgan fingerprint density at radius 3 is 2.78 bits per heavy atom. The van der Waals surface area contributed by atoms with Crippen molar-refractivity contribution in [3.8, 4) is 17.0 Å². The lowest BCUT2D eigenvalue weighted by atomic mass is 10.1. The molecule has 5 rings (SSSR count). The number of amides is 1. The van der Waals surface area contributed by atoms with Crippen LogP contribution in [0.4, 0.5) is 0 Å². The van der Waals surface area contributed by atoms with Gasteiger partial charge in [0.15, 0.2) is 0 Å². The van der Waals surface area contributed by atoms with Crippen LogP contribution in [0.5, 0.6) is 5.75 Å². The van der Waals surface area contributed by atoms with Gasteiger partial charge in [-0.15, -0.1) is 0 Å². The molecule has 2 aliphatic heterocycles. The van der Waals surface area contributed by atoms with Crippen LogP contribution in [-0.4, -0.2) is 45.1 Å². The second-order valence-electron chi connectivity index (χ2n) is 7.93. The average Bonchev–Trinajstić information content (AvgIpc) is 3.11. The summed E-state index contributed by atoms with van der Waals surface area (Å²) in [5.41, 5.74) is 4.17. The first kappa shape index (κ1) is 20.7. The van der Waals surface area contributed by atoms with Crippen molar-refractivity contribution in [3.63, 3.8) is 0 Å². The zero-order valence-electron chi connectivity index (χ0n) is 17.4. The maximum absolute atomic E-state index is 12.7. The molecule has 3 heterocycles. The number of hydrogen-bond donors (Lipinski definition) is 3. The molecule has 0 atom stereocenters. The molecule has 0 radical (unpaired) electrons. The Morgan fingerprint density at radius 1 is 1.00 bits per heavy atom. The highest BCUT2D eigenvalue weighted by atomic mass is 32.2. The molecule has 0 unspecified atom stereocenters. The number of hydrogen-bond acceptors (Lipinski definition) is 5. The summed E-state index contributed by atoms with van der Waals surface area (Å²) in [5.74, 6) is 0.138. The number of rotatable bonds is 0. The first-order valence-corrected chi connectivity index (χ1v) is 12.1. The van der Waals surface area contributed by atoms with Gasteiger partial charge in [-0.25, -0.2) is 4.72 Å². The van der Waals surface area contributed by atoms with Gasteiger partial charge in [-0.3, -0.25) is 4.79 Å². The molecule has 0 saturated heterocycles. The van der Waals surface area contributed by atoms with Gasteiger partial charge in [0.1, 0.15) is 12.4 Å². The van der Waals surface area contributed by atoms with Crippen molar-refractivity contribution < 1.29 is 17.9 Å². The van der Waals surface area contributed by atoms with Crippen molar-refractivity contribution in [2.24, 2.45) is 0 Å². The number of ether oxygens (including phenoxy) is 1. The normalized spacial score (nSPS) is 20.5. The molecule has 32 heavy (non-hydrogen) atoms. The number of fused-ring (bicyclic) bond motifs is 3. The fraction of sp³-hybridized carbons (Fsp3) is 0.261. The fourth-order valence-corrected chi connectivity index (χ4v) is 4.90. The number of benzene rings is 2. The zero-order chi connectivity index (χ0) is 22.1. The summed E-state index contributed by atoms with van der Waals surface area (Å²) in [4.78, 5) is 12.7. The van der Waals surface area contributed by atoms with Crippen LogP contribution < -0.4 is 19.5 Å². The molecule has 2 aliphatic rings. The zero-order valence-corrected chi connectivity index (χ0v) is 18.2. The molecule has 4 bridgehead atoms. The first-order valence-electron chi connectivity index (χ1n) is 10.6. The maximum atomic E-state index is 12.7. The van der Waals surface area contributed by atoms with E-state index in [1.807, 2.05) is 30.3 Å². The summed E-state index contributed by atoms with van der Waals surface area (Å²) in [6.45, 7) is 1.88. The van der Waals surface area contributed by atoms with Crippen LogP contribution in [0.15, 0.2) is 54.1 Å². The Kier molecular flexibility index (Phi) is 5.46. The average molecular weight is 453 g/mol. The standard InChI is InChI=1S/C23H24N4O4S/c28-23-18-8-7-17-12-21-19-5-1-2-6-22(19)31-15-16(14-27(21)20(17)13-18)4-3-9-24-10-11-25-32(29,30)26-23/h1-2,5-8,12-14,24-25H,3-4,9-11,15H2,(H,26,28)/b16-14-. The predicted octanol–water partition coefficient (Wildman–Crippen LogP) is 2.49. The molecule has 2 aromatic carbocycles. The fourth-order valence-electron chi connectivity index (χ4n) is 4.10. The van der Waals surface area contributed by atoms with Gasteiger partial charge in [0.25, 0.3) is 5.91 Å². The van der Waals surface area contributed by atoms with Gasteiger partial charge in [0.2, 0.25) is 0 Å². The lowest BCUT2D eigenvalue weighted by molar-refractivity contribution is 0.0981. The molecule has 9 heteroatoms. The Balaban J connectivity index is 1.68. The largest absolute Gasteiger partial charge is 0.488 e. The molecular formula is C23H24N4O4S. The van der Waals surface area contributed by atoms with E-state index in [0.717, 1.165) is 52.9 Å². The van der Waals surface area contributed by atoms with E-state index in [4.69, 9.17) is 4.74 Å². The minimum Gasteiger partial charge on any atom is -0.488 e. The van der Waals surface area contributed by atoms with Crippen molar-refractivity contribution >= 4 is 33.2 Å². The van der Waals surface area contributed by atoms with Crippen molar-refractivity contribution in [1.29, 1.82) is 0 Å². The Hall–Kier alpha value is -3.14. The minimum absolute atomic E-state index is 0.191. The van der Waals surface area contributed by atoms with Gasteiger partial charge in [-0.2, -0.15) is 13.1 Å². The van der Waals surface area contributed by atoms with Gasteiger partial charge < -0.3 is 14.6 Å². The van der Waals surface area contributed by atoms with E-state index in [2.05, 4.69) is 31.6 Å². The third-order valence-electron chi connectivity index (χ3n) is 5.66. The maximum Gasteiger partial charge on any atom is 0.301 e. The van der Waals surface area contributed by atoms with Crippen LogP contribution in [0, 0.1) is 0 Å². The van der Waals surface area contributed by atoms with Crippen molar-refractivity contribution in [2.45, 2.75) is 12.8 Å². The highest BCUT2D eigenvalue weighted by molar-refractivity contribution is 7.88. The van der Waals surface area contributed by atoms with Crippen LogP contribution in [0.25, 0.3) is 28.4 Å². The number of nitrogens with one attached hydrogen (secondary N) is 3. The third-order valence-corrected chi connectivity index (χ3v) is 6.70. The van der Waals surface area contributed by atoms with Crippen molar-refractivity contribution in [2.75, 3.05) is 26.2 Å². The van der Waals surface area contributed by atoms with Crippen molar-refractivity contribution in [1.82, 2.24) is 19.3 Å². The lowest BCUT2D eigenvalue weighted by Gasteiger charge is -2.19. The molecular weight excluding hydrogens is 428 g/mol. The van der Waals surface area contributed by atoms with Crippen LogP contribution >= 0.6 is 0 Å². The number of carbonyl (C=O) groups is 1.